The lowest BCUT2D eigenvalue weighted by Crippen LogP contribution is -2.52. The number of halogens is 1. The third-order valence-corrected chi connectivity index (χ3v) is 4.46. The lowest BCUT2D eigenvalue weighted by Gasteiger charge is -2.36. The number of aromatic nitrogens is 2. The highest BCUT2D eigenvalue weighted by atomic mass is 35.5. The number of amides is 2. The van der Waals surface area contributed by atoms with Gasteiger partial charge in [0.25, 0.3) is 0 Å². The molecule has 1 saturated heterocycles. The van der Waals surface area contributed by atoms with Gasteiger partial charge in [-0.1, -0.05) is 23.7 Å². The van der Waals surface area contributed by atoms with Crippen LogP contribution in [-0.2, 0) is 6.54 Å². The first-order valence-electron chi connectivity index (χ1n) is 8.15. The molecule has 2 heterocycles. The summed E-state index contributed by atoms with van der Waals surface area (Å²) in [4.78, 5) is 16.3. The van der Waals surface area contributed by atoms with Crippen LogP contribution >= 0.6 is 11.6 Å². The fourth-order valence-electron chi connectivity index (χ4n) is 2.84. The van der Waals surface area contributed by atoms with Gasteiger partial charge >= 0.3 is 6.03 Å². The van der Waals surface area contributed by atoms with Crippen LogP contribution in [0.5, 0.6) is 0 Å². The predicted molar refractivity (Wildman–Crippen MR) is 95.6 cm³/mol. The highest BCUT2D eigenvalue weighted by Gasteiger charge is 2.21. The number of carbonyl (C=O) groups is 1. The molecule has 24 heavy (non-hydrogen) atoms. The van der Waals surface area contributed by atoms with Crippen LogP contribution in [0.1, 0.15) is 5.56 Å². The van der Waals surface area contributed by atoms with Crippen LogP contribution in [0, 0.1) is 6.92 Å². The van der Waals surface area contributed by atoms with E-state index in [4.69, 9.17) is 11.6 Å². The number of carbonyl (C=O) groups excluding carboxylic acids is 1. The van der Waals surface area contributed by atoms with Gasteiger partial charge in [0, 0.05) is 38.9 Å². The maximum atomic E-state index is 12.2. The molecule has 1 aromatic carbocycles. The van der Waals surface area contributed by atoms with Gasteiger partial charge in [0.05, 0.1) is 23.5 Å². The Hall–Kier alpha value is -2.21. The van der Waals surface area contributed by atoms with E-state index in [2.05, 4.69) is 15.3 Å². The van der Waals surface area contributed by atoms with Crippen molar-refractivity contribution in [3.05, 3.63) is 47.2 Å². The van der Waals surface area contributed by atoms with E-state index in [1.165, 1.54) is 0 Å². The van der Waals surface area contributed by atoms with Crippen molar-refractivity contribution in [1.29, 1.82) is 0 Å². The molecule has 0 aliphatic carbocycles. The second kappa shape index (κ2) is 7.57. The Balaban J connectivity index is 1.44. The standard InChI is InChI=1S/C17H22ClN5O/c1-14-12-20-23(13-14)7-6-19-17(24)22-10-8-21(9-11-22)16-5-3-2-4-15(16)18/h2-5,12-13H,6-11H2,1H3,(H,19,24). The zero-order valence-electron chi connectivity index (χ0n) is 13.8. The number of nitrogens with one attached hydrogen (secondary N) is 1. The Morgan fingerprint density at radius 2 is 2.00 bits per heavy atom. The van der Waals surface area contributed by atoms with E-state index in [9.17, 15) is 4.79 Å². The third-order valence-electron chi connectivity index (χ3n) is 4.14. The van der Waals surface area contributed by atoms with Crippen molar-refractivity contribution in [3.8, 4) is 0 Å². The molecule has 0 radical (unpaired) electrons. The molecule has 0 bridgehead atoms. The second-order valence-electron chi connectivity index (χ2n) is 5.94. The first-order valence-corrected chi connectivity index (χ1v) is 8.52. The molecule has 2 amide bonds. The van der Waals surface area contributed by atoms with E-state index in [1.807, 2.05) is 53.2 Å². The number of anilines is 1. The Labute approximate surface area is 147 Å². The highest BCUT2D eigenvalue weighted by Crippen LogP contribution is 2.25. The zero-order chi connectivity index (χ0) is 16.9. The average molecular weight is 348 g/mol. The largest absolute Gasteiger partial charge is 0.367 e. The molecule has 128 valence electrons. The number of aryl methyl sites for hydroxylation is 1. The van der Waals surface area contributed by atoms with Gasteiger partial charge in [0.2, 0.25) is 0 Å². The van der Waals surface area contributed by atoms with E-state index in [0.717, 1.165) is 29.4 Å². The number of urea groups is 1. The van der Waals surface area contributed by atoms with Crippen molar-refractivity contribution < 1.29 is 4.79 Å². The van der Waals surface area contributed by atoms with Crippen molar-refractivity contribution in [3.63, 3.8) is 0 Å². The van der Waals surface area contributed by atoms with Crippen molar-refractivity contribution in [1.82, 2.24) is 20.0 Å². The van der Waals surface area contributed by atoms with E-state index in [-0.39, 0.29) is 6.03 Å². The van der Waals surface area contributed by atoms with Gasteiger partial charge in [-0.05, 0) is 24.6 Å². The molecule has 1 aliphatic heterocycles. The molecule has 3 rings (SSSR count). The Morgan fingerprint density at radius 3 is 2.67 bits per heavy atom. The van der Waals surface area contributed by atoms with Gasteiger partial charge in [-0.3, -0.25) is 4.68 Å². The van der Waals surface area contributed by atoms with Gasteiger partial charge in [-0.2, -0.15) is 5.10 Å². The second-order valence-corrected chi connectivity index (χ2v) is 6.35. The molecule has 1 aliphatic rings. The lowest BCUT2D eigenvalue weighted by atomic mass is 10.2. The summed E-state index contributed by atoms with van der Waals surface area (Å²) in [6, 6.07) is 7.81. The first kappa shape index (κ1) is 16.6. The molecular formula is C17H22ClN5O. The Morgan fingerprint density at radius 1 is 1.25 bits per heavy atom. The molecule has 1 aromatic heterocycles. The third kappa shape index (κ3) is 4.00. The van der Waals surface area contributed by atoms with Gasteiger partial charge in [-0.15, -0.1) is 0 Å². The van der Waals surface area contributed by atoms with Gasteiger partial charge < -0.3 is 15.1 Å². The molecule has 0 unspecified atom stereocenters. The molecule has 0 spiro atoms. The number of hydrogen-bond acceptors (Lipinski definition) is 3. The summed E-state index contributed by atoms with van der Waals surface area (Å²) in [6.07, 6.45) is 3.78. The van der Waals surface area contributed by atoms with Crippen LogP contribution < -0.4 is 10.2 Å². The average Bonchev–Trinajstić information content (AvgIpc) is 3.01. The predicted octanol–water partition coefficient (Wildman–Crippen LogP) is 2.38. The minimum absolute atomic E-state index is 0.0160. The minimum atomic E-state index is -0.0160. The molecule has 0 saturated carbocycles. The Bertz CT molecular complexity index is 694. The van der Waals surface area contributed by atoms with E-state index >= 15 is 0 Å². The summed E-state index contributed by atoms with van der Waals surface area (Å²) in [6.45, 7) is 6.21. The number of benzene rings is 1. The highest BCUT2D eigenvalue weighted by molar-refractivity contribution is 6.33. The molecule has 0 atom stereocenters. The lowest BCUT2D eigenvalue weighted by molar-refractivity contribution is 0.194. The normalized spacial score (nSPS) is 14.8. The van der Waals surface area contributed by atoms with Gasteiger partial charge in [0.1, 0.15) is 0 Å². The monoisotopic (exact) mass is 347 g/mol. The van der Waals surface area contributed by atoms with Crippen molar-refractivity contribution in [2.75, 3.05) is 37.6 Å². The van der Waals surface area contributed by atoms with Crippen LogP contribution in [-0.4, -0.2) is 53.4 Å². The van der Waals surface area contributed by atoms with E-state index in [1.54, 1.807) is 0 Å². The maximum Gasteiger partial charge on any atom is 0.317 e. The van der Waals surface area contributed by atoms with Crippen molar-refractivity contribution in [2.24, 2.45) is 0 Å². The number of hydrogen-bond donors (Lipinski definition) is 1. The maximum absolute atomic E-state index is 12.2. The fourth-order valence-corrected chi connectivity index (χ4v) is 3.09. The number of para-hydroxylation sites is 1. The number of rotatable bonds is 4. The zero-order valence-corrected chi connectivity index (χ0v) is 14.5. The number of piperazine rings is 1. The molecule has 2 aromatic rings. The molecular weight excluding hydrogens is 326 g/mol. The van der Waals surface area contributed by atoms with Crippen molar-refractivity contribution >= 4 is 23.3 Å². The van der Waals surface area contributed by atoms with Crippen LogP contribution in [0.2, 0.25) is 5.02 Å². The van der Waals surface area contributed by atoms with E-state index in [0.29, 0.717) is 26.2 Å². The van der Waals surface area contributed by atoms with Crippen LogP contribution in [0.25, 0.3) is 0 Å². The molecule has 7 heteroatoms. The van der Waals surface area contributed by atoms with Gasteiger partial charge in [0.15, 0.2) is 0 Å². The summed E-state index contributed by atoms with van der Waals surface area (Å²) in [5, 5.41) is 7.92. The van der Waals surface area contributed by atoms with Crippen LogP contribution in [0.15, 0.2) is 36.7 Å². The van der Waals surface area contributed by atoms with Crippen molar-refractivity contribution in [2.45, 2.75) is 13.5 Å². The molecule has 1 N–H and O–H groups in total. The summed E-state index contributed by atoms with van der Waals surface area (Å²) < 4.78 is 1.84. The van der Waals surface area contributed by atoms with Gasteiger partial charge in [-0.25, -0.2) is 4.79 Å². The molecule has 6 nitrogen and oxygen atoms in total. The summed E-state index contributed by atoms with van der Waals surface area (Å²) >= 11 is 6.24. The summed E-state index contributed by atoms with van der Waals surface area (Å²) in [5.74, 6) is 0. The Kier molecular flexibility index (Phi) is 5.25. The van der Waals surface area contributed by atoms with Crippen LogP contribution in [0.3, 0.4) is 0 Å². The molecule has 1 fully saturated rings. The van der Waals surface area contributed by atoms with E-state index < -0.39 is 0 Å². The SMILES string of the molecule is Cc1cnn(CCNC(=O)N2CCN(c3ccccc3Cl)CC2)c1. The fraction of sp³-hybridized carbons (Fsp3) is 0.412. The van der Waals surface area contributed by atoms with Crippen LogP contribution in [0.4, 0.5) is 10.5 Å². The topological polar surface area (TPSA) is 53.4 Å². The summed E-state index contributed by atoms with van der Waals surface area (Å²) in [5.41, 5.74) is 2.16. The number of nitrogens with zero attached hydrogens (tertiary/aromatic N) is 4. The first-order chi connectivity index (χ1) is 11.6. The summed E-state index contributed by atoms with van der Waals surface area (Å²) in [7, 11) is 0. The minimum Gasteiger partial charge on any atom is -0.367 e. The quantitative estimate of drug-likeness (QED) is 0.923. The smallest absolute Gasteiger partial charge is 0.317 e.